The third-order valence-electron chi connectivity index (χ3n) is 2.20. The van der Waals surface area contributed by atoms with Crippen LogP contribution in [0.1, 0.15) is 52.9 Å². The van der Waals surface area contributed by atoms with Crippen LogP contribution < -0.4 is 0 Å². The Labute approximate surface area is 77.2 Å². The van der Waals surface area contributed by atoms with E-state index in [2.05, 4.69) is 33.4 Å². The van der Waals surface area contributed by atoms with Gasteiger partial charge in [-0.2, -0.15) is 12.6 Å². The molecule has 0 aromatic rings. The molecule has 0 bridgehead atoms. The molecular weight excluding hydrogens is 152 g/mol. The van der Waals surface area contributed by atoms with Gasteiger partial charge in [-0.25, -0.2) is 0 Å². The molecule has 0 amide bonds. The van der Waals surface area contributed by atoms with E-state index in [-0.39, 0.29) is 0 Å². The fourth-order valence-electron chi connectivity index (χ4n) is 1.30. The quantitative estimate of drug-likeness (QED) is 0.580. The molecule has 0 nitrogen and oxygen atoms in total. The maximum Gasteiger partial charge on any atom is 0.00167 e. The van der Waals surface area contributed by atoms with Crippen LogP contribution in [0.15, 0.2) is 0 Å². The molecule has 0 aliphatic carbocycles. The Morgan fingerprint density at radius 2 is 1.91 bits per heavy atom. The molecule has 0 aromatic heterocycles. The maximum atomic E-state index is 4.49. The molecule has 68 valence electrons. The lowest BCUT2D eigenvalue weighted by molar-refractivity contribution is 0.461. The molecule has 0 saturated carbocycles. The van der Waals surface area contributed by atoms with Crippen LogP contribution in [0.5, 0.6) is 0 Å². The van der Waals surface area contributed by atoms with Crippen molar-refractivity contribution in [3.63, 3.8) is 0 Å². The van der Waals surface area contributed by atoms with Crippen molar-refractivity contribution in [1.29, 1.82) is 0 Å². The molecule has 0 N–H and O–H groups in total. The van der Waals surface area contributed by atoms with Gasteiger partial charge in [-0.1, -0.05) is 40.0 Å². The van der Waals surface area contributed by atoms with Crippen molar-refractivity contribution in [2.45, 2.75) is 58.1 Å². The third-order valence-corrected chi connectivity index (χ3v) is 2.77. The van der Waals surface area contributed by atoms with Crippen LogP contribution in [0.3, 0.4) is 0 Å². The van der Waals surface area contributed by atoms with Gasteiger partial charge in [0.15, 0.2) is 0 Å². The van der Waals surface area contributed by atoms with Gasteiger partial charge in [0.2, 0.25) is 0 Å². The number of hydrogen-bond acceptors (Lipinski definition) is 1. The molecule has 0 aliphatic heterocycles. The summed E-state index contributed by atoms with van der Waals surface area (Å²) in [7, 11) is 0. The van der Waals surface area contributed by atoms with Gasteiger partial charge in [0, 0.05) is 5.25 Å². The van der Waals surface area contributed by atoms with Gasteiger partial charge in [-0.05, 0) is 18.8 Å². The van der Waals surface area contributed by atoms with E-state index in [0.29, 0.717) is 5.25 Å². The highest BCUT2D eigenvalue weighted by molar-refractivity contribution is 7.80. The van der Waals surface area contributed by atoms with Gasteiger partial charge in [0.05, 0.1) is 0 Å². The topological polar surface area (TPSA) is 0 Å². The summed E-state index contributed by atoms with van der Waals surface area (Å²) in [5, 5.41) is 0.627. The second-order valence-electron chi connectivity index (χ2n) is 3.55. The lowest BCUT2D eigenvalue weighted by Gasteiger charge is -2.14. The largest absolute Gasteiger partial charge is 0.176 e. The zero-order valence-electron chi connectivity index (χ0n) is 8.14. The first-order valence-corrected chi connectivity index (χ1v) is 5.40. The highest BCUT2D eigenvalue weighted by Gasteiger charge is 2.06. The first kappa shape index (κ1) is 11.4. The fourth-order valence-corrected chi connectivity index (χ4v) is 1.66. The Morgan fingerprint density at radius 1 is 1.27 bits per heavy atom. The van der Waals surface area contributed by atoms with Gasteiger partial charge in [0.25, 0.3) is 0 Å². The van der Waals surface area contributed by atoms with E-state index in [1.807, 2.05) is 0 Å². The molecule has 0 saturated heterocycles. The van der Waals surface area contributed by atoms with Crippen molar-refractivity contribution in [3.05, 3.63) is 0 Å². The minimum atomic E-state index is 0.627. The summed E-state index contributed by atoms with van der Waals surface area (Å²) in [5.41, 5.74) is 0. The summed E-state index contributed by atoms with van der Waals surface area (Å²) >= 11 is 4.49. The molecule has 2 unspecified atom stereocenters. The summed E-state index contributed by atoms with van der Waals surface area (Å²) in [6.07, 6.45) is 6.59. The molecule has 2 atom stereocenters. The highest BCUT2D eigenvalue weighted by Crippen LogP contribution is 2.18. The molecular formula is C10H22S. The monoisotopic (exact) mass is 174 g/mol. The minimum absolute atomic E-state index is 0.627. The lowest BCUT2D eigenvalue weighted by atomic mass is 9.98. The number of thiol groups is 1. The van der Waals surface area contributed by atoms with E-state index in [1.165, 1.54) is 32.1 Å². The average molecular weight is 174 g/mol. The second-order valence-corrected chi connectivity index (χ2v) is 4.28. The summed E-state index contributed by atoms with van der Waals surface area (Å²) in [5.74, 6) is 0.873. The van der Waals surface area contributed by atoms with E-state index in [4.69, 9.17) is 0 Å². The third kappa shape index (κ3) is 6.74. The Morgan fingerprint density at radius 3 is 2.36 bits per heavy atom. The Bertz CT molecular complexity index is 80.9. The lowest BCUT2D eigenvalue weighted by Crippen LogP contribution is -2.04. The number of rotatable bonds is 6. The molecule has 0 heterocycles. The fraction of sp³-hybridized carbons (Fsp3) is 1.00. The van der Waals surface area contributed by atoms with Gasteiger partial charge in [0.1, 0.15) is 0 Å². The van der Waals surface area contributed by atoms with Crippen molar-refractivity contribution in [1.82, 2.24) is 0 Å². The van der Waals surface area contributed by atoms with Gasteiger partial charge < -0.3 is 0 Å². The maximum absolute atomic E-state index is 4.49. The van der Waals surface area contributed by atoms with Crippen LogP contribution in [0.2, 0.25) is 0 Å². The molecule has 0 rings (SSSR count). The van der Waals surface area contributed by atoms with Gasteiger partial charge in [-0.3, -0.25) is 0 Å². The first-order valence-electron chi connectivity index (χ1n) is 4.88. The Balaban J connectivity index is 3.27. The van der Waals surface area contributed by atoms with Crippen molar-refractivity contribution in [2.75, 3.05) is 0 Å². The molecule has 11 heavy (non-hydrogen) atoms. The molecule has 0 aliphatic rings. The SMILES string of the molecule is CCCCC(C)CC(S)CC. The van der Waals surface area contributed by atoms with Crippen LogP contribution in [0, 0.1) is 5.92 Å². The van der Waals surface area contributed by atoms with Crippen molar-refractivity contribution < 1.29 is 0 Å². The smallest absolute Gasteiger partial charge is 0.00167 e. The van der Waals surface area contributed by atoms with E-state index in [1.54, 1.807) is 0 Å². The minimum Gasteiger partial charge on any atom is -0.176 e. The summed E-state index contributed by atoms with van der Waals surface area (Å²) in [6.45, 7) is 6.81. The average Bonchev–Trinajstić information content (AvgIpc) is 2.00. The summed E-state index contributed by atoms with van der Waals surface area (Å²) < 4.78 is 0. The second kappa shape index (κ2) is 7.02. The van der Waals surface area contributed by atoms with Crippen LogP contribution in [0.4, 0.5) is 0 Å². The summed E-state index contributed by atoms with van der Waals surface area (Å²) in [6, 6.07) is 0. The van der Waals surface area contributed by atoms with E-state index < -0.39 is 0 Å². The number of unbranched alkanes of at least 4 members (excludes halogenated alkanes) is 1. The van der Waals surface area contributed by atoms with Crippen LogP contribution in [0.25, 0.3) is 0 Å². The predicted octanol–water partition coefficient (Wildman–Crippen LogP) is 3.91. The van der Waals surface area contributed by atoms with Crippen LogP contribution in [-0.2, 0) is 0 Å². The molecule has 0 radical (unpaired) electrons. The zero-order chi connectivity index (χ0) is 8.69. The normalized spacial score (nSPS) is 16.4. The van der Waals surface area contributed by atoms with Gasteiger partial charge in [-0.15, -0.1) is 0 Å². The summed E-state index contributed by atoms with van der Waals surface area (Å²) in [4.78, 5) is 0. The van der Waals surface area contributed by atoms with E-state index >= 15 is 0 Å². The van der Waals surface area contributed by atoms with E-state index in [0.717, 1.165) is 5.92 Å². The molecule has 0 fully saturated rings. The zero-order valence-corrected chi connectivity index (χ0v) is 9.03. The number of hydrogen-bond donors (Lipinski definition) is 1. The van der Waals surface area contributed by atoms with Crippen LogP contribution in [-0.4, -0.2) is 5.25 Å². The molecule has 0 spiro atoms. The highest BCUT2D eigenvalue weighted by atomic mass is 32.1. The van der Waals surface area contributed by atoms with Crippen molar-refractivity contribution in [3.8, 4) is 0 Å². The molecule has 0 aromatic carbocycles. The Hall–Kier alpha value is 0.350. The standard InChI is InChI=1S/C10H22S/c1-4-6-7-9(3)8-10(11)5-2/h9-11H,4-8H2,1-3H3. The van der Waals surface area contributed by atoms with Gasteiger partial charge >= 0.3 is 0 Å². The predicted molar refractivity (Wildman–Crippen MR) is 56.4 cm³/mol. The van der Waals surface area contributed by atoms with Crippen molar-refractivity contribution >= 4 is 12.6 Å². The molecule has 1 heteroatoms. The van der Waals surface area contributed by atoms with Crippen molar-refractivity contribution in [2.24, 2.45) is 5.92 Å². The Kier molecular flexibility index (Phi) is 7.25. The first-order chi connectivity index (χ1) is 5.20. The van der Waals surface area contributed by atoms with E-state index in [9.17, 15) is 0 Å². The van der Waals surface area contributed by atoms with Crippen LogP contribution >= 0.6 is 12.6 Å².